The third-order valence-electron chi connectivity index (χ3n) is 9.77. The Morgan fingerprint density at radius 2 is 2.00 bits per heavy atom. The largest absolute Gasteiger partial charge is 0.458 e. The van der Waals surface area contributed by atoms with Gasteiger partial charge in [-0.25, -0.2) is 9.78 Å². The van der Waals surface area contributed by atoms with Crippen LogP contribution in [-0.2, 0) is 16.6 Å². The summed E-state index contributed by atoms with van der Waals surface area (Å²) in [5, 5.41) is 11.6. The molecule has 1 aromatic heterocycles. The van der Waals surface area contributed by atoms with E-state index in [4.69, 9.17) is 4.74 Å². The van der Waals surface area contributed by atoms with Gasteiger partial charge in [0.15, 0.2) is 0 Å². The van der Waals surface area contributed by atoms with Crippen LogP contribution in [0, 0.1) is 34.0 Å². The predicted octanol–water partition coefficient (Wildman–Crippen LogP) is 3.30. The van der Waals surface area contributed by atoms with Crippen molar-refractivity contribution in [2.75, 3.05) is 0 Å². The number of carbonyl (C=O) groups excluding carboxylic acids is 2. The van der Waals surface area contributed by atoms with Crippen molar-refractivity contribution in [1.29, 1.82) is 0 Å². The lowest BCUT2D eigenvalue weighted by atomic mass is 9.44. The minimum absolute atomic E-state index is 0.0916. The van der Waals surface area contributed by atoms with Gasteiger partial charge in [0.25, 0.3) is 5.56 Å². The predicted molar refractivity (Wildman–Crippen MR) is 123 cm³/mol. The summed E-state index contributed by atoms with van der Waals surface area (Å²) in [6, 6.07) is 0. The van der Waals surface area contributed by atoms with E-state index in [1.54, 1.807) is 6.08 Å². The van der Waals surface area contributed by atoms with E-state index in [2.05, 4.69) is 32.3 Å². The Labute approximate surface area is 195 Å². The summed E-state index contributed by atoms with van der Waals surface area (Å²) in [4.78, 5) is 43.2. The second kappa shape index (κ2) is 7.90. The summed E-state index contributed by atoms with van der Waals surface area (Å²) in [5.41, 5.74) is -2.28. The fourth-order valence-corrected chi connectivity index (χ4v) is 7.34. The standard InChI is InChI=1S/C26H36N2O5/c1-7-24(4)12-19(33-23(32)17-13-27-14-28(6)22(17)31)25(5)15(2)8-10-26(16(3)21(24)30)11-9-18(29)20(25)26/h7,13-16,19-21,30H,1,8-12H2,2-6H3/t15-,16+,19-,20?,21+,24-,25+,26?/m1/s1. The van der Waals surface area contributed by atoms with Crippen molar-refractivity contribution in [3.8, 4) is 0 Å². The molecule has 3 aliphatic carbocycles. The van der Waals surface area contributed by atoms with E-state index in [-0.39, 0.29) is 34.5 Å². The zero-order valence-electron chi connectivity index (χ0n) is 20.3. The average Bonchev–Trinajstić information content (AvgIpc) is 3.14. The number of aliphatic hydroxyl groups excluding tert-OH is 1. The van der Waals surface area contributed by atoms with Crippen molar-refractivity contribution >= 4 is 11.8 Å². The Bertz CT molecular complexity index is 1050. The molecule has 4 rings (SSSR count). The SMILES string of the molecule is C=C[C@]1(C)C[C@@H](OC(=O)c2cncn(C)c2=O)[C@@]2(C)C3C(=O)CCC3(CC[C@H]2C)[C@@H](C)[C@@H]1O. The maximum Gasteiger partial charge on any atom is 0.345 e. The number of ketones is 1. The van der Waals surface area contributed by atoms with Crippen LogP contribution in [0.25, 0.3) is 0 Å². The Balaban J connectivity index is 1.86. The molecule has 3 saturated carbocycles. The molecular formula is C26H36N2O5. The molecule has 0 aromatic carbocycles. The summed E-state index contributed by atoms with van der Waals surface area (Å²) in [6.07, 6.45) is 6.26. The van der Waals surface area contributed by atoms with Gasteiger partial charge in [0, 0.05) is 36.4 Å². The van der Waals surface area contributed by atoms with Crippen molar-refractivity contribution in [2.24, 2.45) is 41.0 Å². The van der Waals surface area contributed by atoms with Gasteiger partial charge in [-0.2, -0.15) is 0 Å². The van der Waals surface area contributed by atoms with Gasteiger partial charge in [-0.05, 0) is 42.9 Å². The van der Waals surface area contributed by atoms with Crippen LogP contribution >= 0.6 is 0 Å². The van der Waals surface area contributed by atoms with E-state index in [9.17, 15) is 19.5 Å². The van der Waals surface area contributed by atoms with E-state index >= 15 is 0 Å². The van der Waals surface area contributed by atoms with Crippen LogP contribution in [0.15, 0.2) is 30.0 Å². The minimum Gasteiger partial charge on any atom is -0.458 e. The number of rotatable bonds is 3. The van der Waals surface area contributed by atoms with Crippen LogP contribution in [0.1, 0.15) is 70.2 Å². The second-order valence-electron chi connectivity index (χ2n) is 11.2. The molecule has 7 heteroatoms. The van der Waals surface area contributed by atoms with E-state index in [1.165, 1.54) is 24.1 Å². The van der Waals surface area contributed by atoms with Crippen LogP contribution in [0.4, 0.5) is 0 Å². The van der Waals surface area contributed by atoms with Gasteiger partial charge in [-0.3, -0.25) is 9.59 Å². The molecule has 0 radical (unpaired) electrons. The third-order valence-corrected chi connectivity index (χ3v) is 9.77. The highest BCUT2D eigenvalue weighted by Gasteiger charge is 2.68. The lowest BCUT2D eigenvalue weighted by molar-refractivity contribution is -0.192. The summed E-state index contributed by atoms with van der Waals surface area (Å²) in [6.45, 7) is 12.2. The highest BCUT2D eigenvalue weighted by Crippen LogP contribution is 2.68. The van der Waals surface area contributed by atoms with Crippen LogP contribution in [0.2, 0.25) is 0 Å². The topological polar surface area (TPSA) is 98.5 Å². The van der Waals surface area contributed by atoms with E-state index in [0.717, 1.165) is 19.3 Å². The molecule has 3 aliphatic rings. The lowest BCUT2D eigenvalue weighted by Gasteiger charge is -2.61. The monoisotopic (exact) mass is 456 g/mol. The van der Waals surface area contributed by atoms with Crippen LogP contribution < -0.4 is 5.56 Å². The number of Topliss-reactive ketones (excluding diaryl/α,β-unsaturated/α-hetero) is 1. The van der Waals surface area contributed by atoms with Gasteiger partial charge in [0.05, 0.1) is 12.4 Å². The molecule has 0 amide bonds. The Morgan fingerprint density at radius 3 is 2.67 bits per heavy atom. The minimum atomic E-state index is -0.738. The molecule has 1 aromatic rings. The molecule has 1 heterocycles. The van der Waals surface area contributed by atoms with Crippen molar-refractivity contribution in [1.82, 2.24) is 9.55 Å². The summed E-state index contributed by atoms with van der Waals surface area (Å²) >= 11 is 0. The third kappa shape index (κ3) is 3.26. The van der Waals surface area contributed by atoms with E-state index < -0.39 is 34.6 Å². The normalized spacial score (nSPS) is 42.7. The van der Waals surface area contributed by atoms with Crippen molar-refractivity contribution < 1.29 is 19.4 Å². The van der Waals surface area contributed by atoms with Crippen LogP contribution in [0.3, 0.4) is 0 Å². The zero-order chi connectivity index (χ0) is 24.3. The van der Waals surface area contributed by atoms with Crippen molar-refractivity contribution in [3.05, 3.63) is 41.1 Å². The molecule has 3 fully saturated rings. The molecule has 0 aliphatic heterocycles. The Kier molecular flexibility index (Phi) is 5.71. The van der Waals surface area contributed by atoms with Gasteiger partial charge in [-0.15, -0.1) is 6.58 Å². The molecule has 0 spiro atoms. The van der Waals surface area contributed by atoms with E-state index in [0.29, 0.717) is 12.8 Å². The van der Waals surface area contributed by atoms with Crippen molar-refractivity contribution in [3.63, 3.8) is 0 Å². The second-order valence-corrected chi connectivity index (χ2v) is 11.2. The number of ether oxygens (including phenoxy) is 1. The molecule has 2 bridgehead atoms. The molecule has 0 saturated heterocycles. The average molecular weight is 457 g/mol. The van der Waals surface area contributed by atoms with Crippen molar-refractivity contribution in [2.45, 2.75) is 72.0 Å². The summed E-state index contributed by atoms with van der Waals surface area (Å²) < 4.78 is 7.38. The number of hydrogen-bond donors (Lipinski definition) is 1. The molecule has 33 heavy (non-hydrogen) atoms. The maximum atomic E-state index is 13.4. The molecular weight excluding hydrogens is 420 g/mol. The number of esters is 1. The van der Waals surface area contributed by atoms with Gasteiger partial charge < -0.3 is 14.4 Å². The first-order valence-electron chi connectivity index (χ1n) is 12.0. The number of aryl methyl sites for hydroxylation is 1. The first kappa shape index (κ1) is 23.9. The first-order chi connectivity index (χ1) is 15.4. The highest BCUT2D eigenvalue weighted by molar-refractivity contribution is 5.89. The quantitative estimate of drug-likeness (QED) is 0.554. The lowest BCUT2D eigenvalue weighted by Crippen LogP contribution is -2.63. The fraction of sp³-hybridized carbons (Fsp3) is 0.692. The van der Waals surface area contributed by atoms with Gasteiger partial charge in [-0.1, -0.05) is 33.8 Å². The number of aliphatic hydroxyl groups is 1. The van der Waals surface area contributed by atoms with Gasteiger partial charge in [0.1, 0.15) is 17.5 Å². The Morgan fingerprint density at radius 1 is 1.30 bits per heavy atom. The van der Waals surface area contributed by atoms with Crippen LogP contribution in [-0.4, -0.2) is 38.6 Å². The van der Waals surface area contributed by atoms with E-state index in [1.807, 2.05) is 6.92 Å². The summed E-state index contributed by atoms with van der Waals surface area (Å²) in [5.74, 6) is -0.807. The number of aromatic nitrogens is 2. The highest BCUT2D eigenvalue weighted by atomic mass is 16.5. The molecule has 180 valence electrons. The molecule has 7 nitrogen and oxygen atoms in total. The molecule has 8 atom stereocenters. The Hall–Kier alpha value is -2.28. The van der Waals surface area contributed by atoms with Gasteiger partial charge in [0.2, 0.25) is 0 Å². The number of nitrogens with zero attached hydrogens (tertiary/aromatic N) is 2. The smallest absolute Gasteiger partial charge is 0.345 e. The number of hydrogen-bond acceptors (Lipinski definition) is 6. The maximum absolute atomic E-state index is 13.4. The first-order valence-corrected chi connectivity index (χ1v) is 12.0. The number of carbonyl (C=O) groups is 2. The summed E-state index contributed by atoms with van der Waals surface area (Å²) in [7, 11) is 1.53. The van der Waals surface area contributed by atoms with Gasteiger partial charge >= 0.3 is 5.97 Å². The zero-order valence-corrected chi connectivity index (χ0v) is 20.3. The fourth-order valence-electron chi connectivity index (χ4n) is 7.34. The molecule has 2 unspecified atom stereocenters. The molecule has 1 N–H and O–H groups in total. The van der Waals surface area contributed by atoms with Crippen LogP contribution in [0.5, 0.6) is 0 Å².